The van der Waals surface area contributed by atoms with Crippen molar-refractivity contribution < 1.29 is 13.6 Å². The van der Waals surface area contributed by atoms with E-state index in [1.54, 1.807) is 0 Å². The Hall–Kier alpha value is -2.33. The monoisotopic (exact) mass is 382 g/mol. The van der Waals surface area contributed by atoms with E-state index in [4.69, 9.17) is 9.05 Å². The van der Waals surface area contributed by atoms with Crippen molar-refractivity contribution in [2.75, 3.05) is 13.2 Å². The summed E-state index contributed by atoms with van der Waals surface area (Å²) in [5, 5.41) is 2.04. The van der Waals surface area contributed by atoms with Gasteiger partial charge in [0.1, 0.15) is 5.66 Å². The van der Waals surface area contributed by atoms with Crippen molar-refractivity contribution in [3.63, 3.8) is 0 Å². The molecule has 0 saturated heterocycles. The van der Waals surface area contributed by atoms with Crippen LogP contribution in [0.5, 0.6) is 0 Å². The molecule has 140 valence electrons. The first kappa shape index (κ1) is 18.1. The Morgan fingerprint density at radius 2 is 1.26 bits per heavy atom. The smallest absolute Gasteiger partial charge is 0.342 e. The summed E-state index contributed by atoms with van der Waals surface area (Å²) in [5.74, 6) is 0. The number of H-pyrrole nitrogens is 2. The lowest BCUT2D eigenvalue weighted by molar-refractivity contribution is 0.215. The number of aromatic amines is 2. The second-order valence-corrected chi connectivity index (χ2v) is 8.47. The normalized spacial score (nSPS) is 12.4. The molecule has 2 heterocycles. The molecule has 0 atom stereocenters. The number of hydrogen-bond donors (Lipinski definition) is 2. The van der Waals surface area contributed by atoms with Gasteiger partial charge in [-0.05, 0) is 37.1 Å². The van der Waals surface area contributed by atoms with E-state index in [1.807, 2.05) is 74.8 Å². The maximum Gasteiger partial charge on any atom is 0.342 e. The van der Waals surface area contributed by atoms with Crippen LogP contribution < -0.4 is 0 Å². The molecule has 0 spiro atoms. The third-order valence-electron chi connectivity index (χ3n) is 4.77. The molecule has 27 heavy (non-hydrogen) atoms. The van der Waals surface area contributed by atoms with Crippen LogP contribution >= 0.6 is 7.60 Å². The molecular formula is C21H23N2O3P. The van der Waals surface area contributed by atoms with Crippen molar-refractivity contribution in [2.24, 2.45) is 0 Å². The van der Waals surface area contributed by atoms with Crippen LogP contribution in [0.4, 0.5) is 0 Å². The van der Waals surface area contributed by atoms with Crippen molar-refractivity contribution in [3.05, 3.63) is 72.1 Å². The Balaban J connectivity index is 1.99. The number of fused-ring (bicyclic) bond motifs is 2. The first-order chi connectivity index (χ1) is 13.2. The second kappa shape index (κ2) is 7.35. The molecule has 0 bridgehead atoms. The van der Waals surface area contributed by atoms with Crippen LogP contribution in [0.1, 0.15) is 30.6 Å². The fourth-order valence-electron chi connectivity index (χ4n) is 3.69. The number of rotatable bonds is 7. The average molecular weight is 382 g/mol. The van der Waals surface area contributed by atoms with Gasteiger partial charge in [-0.1, -0.05) is 36.4 Å². The molecule has 0 aliphatic heterocycles. The summed E-state index contributed by atoms with van der Waals surface area (Å²) in [6.45, 7) is 4.32. The highest BCUT2D eigenvalue weighted by Gasteiger charge is 2.40. The fourth-order valence-corrected chi connectivity index (χ4v) is 5.90. The standard InChI is InChI=1S/C21H23N2O3P/c1-3-25-27(24,26-4-2)21(17-13-22-19-11-7-5-9-15(17)19)18-14-23-20-12-8-6-10-16(18)20/h5-14,21-23H,3-4H2,1-2H3. The van der Waals surface area contributed by atoms with Crippen LogP contribution in [0.2, 0.25) is 0 Å². The fraction of sp³-hybridized carbons (Fsp3) is 0.238. The molecule has 0 aliphatic rings. The molecule has 0 aliphatic carbocycles. The van der Waals surface area contributed by atoms with Gasteiger partial charge in [-0.15, -0.1) is 0 Å². The van der Waals surface area contributed by atoms with E-state index in [1.165, 1.54) is 0 Å². The Bertz CT molecular complexity index is 1030. The molecule has 0 unspecified atom stereocenters. The number of hydrogen-bond acceptors (Lipinski definition) is 3. The zero-order valence-corrected chi connectivity index (χ0v) is 16.3. The molecule has 4 aromatic rings. The van der Waals surface area contributed by atoms with E-state index in [2.05, 4.69) is 9.97 Å². The SMILES string of the molecule is CCOP(=O)(OCC)C(c1c[nH]c2ccccc12)c1c[nH]c2ccccc12. The van der Waals surface area contributed by atoms with Gasteiger partial charge in [0, 0.05) is 34.2 Å². The predicted molar refractivity (Wildman–Crippen MR) is 109 cm³/mol. The quantitative estimate of drug-likeness (QED) is 0.385. The number of nitrogens with one attached hydrogen (secondary N) is 2. The summed E-state index contributed by atoms with van der Waals surface area (Å²) in [6, 6.07) is 16.0. The molecule has 5 nitrogen and oxygen atoms in total. The van der Waals surface area contributed by atoms with E-state index in [9.17, 15) is 4.57 Å². The Morgan fingerprint density at radius 3 is 1.70 bits per heavy atom. The Labute approximate surface area is 158 Å². The zero-order chi connectivity index (χ0) is 18.9. The van der Waals surface area contributed by atoms with Crippen molar-refractivity contribution >= 4 is 29.4 Å². The highest BCUT2D eigenvalue weighted by Crippen LogP contribution is 2.65. The highest BCUT2D eigenvalue weighted by molar-refractivity contribution is 7.54. The van der Waals surface area contributed by atoms with Gasteiger partial charge in [0.15, 0.2) is 0 Å². The molecule has 0 amide bonds. The molecule has 0 radical (unpaired) electrons. The summed E-state index contributed by atoms with van der Waals surface area (Å²) in [6.07, 6.45) is 3.84. The number of benzene rings is 2. The first-order valence-corrected chi connectivity index (χ1v) is 10.8. The van der Waals surface area contributed by atoms with Crippen molar-refractivity contribution in [3.8, 4) is 0 Å². The first-order valence-electron chi connectivity index (χ1n) is 9.18. The topological polar surface area (TPSA) is 67.1 Å². The van der Waals surface area contributed by atoms with Crippen molar-refractivity contribution in [2.45, 2.75) is 19.5 Å². The van der Waals surface area contributed by atoms with Gasteiger partial charge in [-0.25, -0.2) is 0 Å². The summed E-state index contributed by atoms with van der Waals surface area (Å²) >= 11 is 0. The van der Waals surface area contributed by atoms with Gasteiger partial charge in [0.2, 0.25) is 0 Å². The summed E-state index contributed by atoms with van der Waals surface area (Å²) < 4.78 is 25.5. The third-order valence-corrected chi connectivity index (χ3v) is 7.19. The summed E-state index contributed by atoms with van der Waals surface area (Å²) in [4.78, 5) is 6.59. The lowest BCUT2D eigenvalue weighted by Crippen LogP contribution is -2.08. The van der Waals surface area contributed by atoms with Gasteiger partial charge < -0.3 is 19.0 Å². The predicted octanol–water partition coefficient (Wildman–Crippen LogP) is 6.00. The lowest BCUT2D eigenvalue weighted by atomic mass is 10.0. The summed E-state index contributed by atoms with van der Waals surface area (Å²) in [5.41, 5.74) is 3.31. The lowest BCUT2D eigenvalue weighted by Gasteiger charge is -2.26. The van der Waals surface area contributed by atoms with Crippen molar-refractivity contribution in [1.29, 1.82) is 0 Å². The highest BCUT2D eigenvalue weighted by atomic mass is 31.2. The van der Waals surface area contributed by atoms with Crippen LogP contribution in [0.3, 0.4) is 0 Å². The molecule has 2 aromatic heterocycles. The van der Waals surface area contributed by atoms with Crippen LogP contribution in [0.15, 0.2) is 60.9 Å². The van der Waals surface area contributed by atoms with Crippen LogP contribution in [-0.4, -0.2) is 23.2 Å². The van der Waals surface area contributed by atoms with E-state index in [-0.39, 0.29) is 0 Å². The molecule has 0 saturated carbocycles. The molecule has 2 N–H and O–H groups in total. The molecule has 4 rings (SSSR count). The van der Waals surface area contributed by atoms with Crippen LogP contribution in [0.25, 0.3) is 21.8 Å². The Kier molecular flexibility index (Phi) is 4.92. The summed E-state index contributed by atoms with van der Waals surface area (Å²) in [7, 11) is -3.46. The maximum absolute atomic E-state index is 13.9. The van der Waals surface area contributed by atoms with Gasteiger partial charge in [-0.3, -0.25) is 4.57 Å². The van der Waals surface area contributed by atoms with Crippen molar-refractivity contribution in [1.82, 2.24) is 9.97 Å². The van der Waals surface area contributed by atoms with E-state index in [0.29, 0.717) is 13.2 Å². The van der Waals surface area contributed by atoms with Crippen LogP contribution in [0, 0.1) is 0 Å². The van der Waals surface area contributed by atoms with Gasteiger partial charge in [0.05, 0.1) is 13.2 Å². The van der Waals surface area contributed by atoms with Gasteiger partial charge in [-0.2, -0.15) is 0 Å². The minimum atomic E-state index is -3.46. The molecular weight excluding hydrogens is 359 g/mol. The minimum absolute atomic E-state index is 0.318. The Morgan fingerprint density at radius 1 is 0.815 bits per heavy atom. The number of para-hydroxylation sites is 2. The second-order valence-electron chi connectivity index (χ2n) is 6.36. The van der Waals surface area contributed by atoms with E-state index >= 15 is 0 Å². The molecule has 0 fully saturated rings. The molecule has 2 aromatic carbocycles. The largest absolute Gasteiger partial charge is 0.361 e. The third kappa shape index (κ3) is 3.12. The van der Waals surface area contributed by atoms with Crippen LogP contribution in [-0.2, 0) is 13.6 Å². The van der Waals surface area contributed by atoms with E-state index < -0.39 is 13.3 Å². The maximum atomic E-state index is 13.9. The molecule has 6 heteroatoms. The van der Waals surface area contributed by atoms with E-state index in [0.717, 1.165) is 32.9 Å². The zero-order valence-electron chi connectivity index (χ0n) is 15.4. The van der Waals surface area contributed by atoms with Gasteiger partial charge in [0.25, 0.3) is 0 Å². The minimum Gasteiger partial charge on any atom is -0.361 e. The number of aromatic nitrogens is 2. The average Bonchev–Trinajstić information content (AvgIpc) is 3.28. The van der Waals surface area contributed by atoms with Gasteiger partial charge >= 0.3 is 7.60 Å².